The average Bonchev–Trinajstić information content (AvgIpc) is 2.18. The number of halogens is 1. The van der Waals surface area contributed by atoms with Crippen molar-refractivity contribution in [2.45, 2.75) is 19.8 Å². The number of carbonyl (C=O) groups excluding carboxylic acids is 1. The normalized spacial score (nSPS) is 9.88. The standard InChI is InChI=1S/C11H12ClNO3/c1-7(14)13-10-6-8(2-4-9(10)12)3-5-11(15)16/h2,4,6H,3,5H2,1H3,(H,13,14)(H,15,16). The highest BCUT2D eigenvalue weighted by molar-refractivity contribution is 6.33. The lowest BCUT2D eigenvalue weighted by Gasteiger charge is -2.07. The second kappa shape index (κ2) is 5.51. The molecule has 0 aliphatic heterocycles. The number of hydrogen-bond donors (Lipinski definition) is 2. The highest BCUT2D eigenvalue weighted by Gasteiger charge is 2.05. The Morgan fingerprint density at radius 2 is 2.12 bits per heavy atom. The number of anilines is 1. The van der Waals surface area contributed by atoms with Crippen molar-refractivity contribution in [2.24, 2.45) is 0 Å². The largest absolute Gasteiger partial charge is 0.481 e. The van der Waals surface area contributed by atoms with Gasteiger partial charge in [0.15, 0.2) is 0 Å². The van der Waals surface area contributed by atoms with Crippen molar-refractivity contribution < 1.29 is 14.7 Å². The minimum Gasteiger partial charge on any atom is -0.481 e. The Morgan fingerprint density at radius 1 is 1.44 bits per heavy atom. The van der Waals surface area contributed by atoms with E-state index >= 15 is 0 Å². The molecule has 0 saturated heterocycles. The van der Waals surface area contributed by atoms with Crippen LogP contribution in [0.15, 0.2) is 18.2 Å². The molecule has 0 aromatic heterocycles. The summed E-state index contributed by atoms with van der Waals surface area (Å²) in [6.45, 7) is 1.39. The van der Waals surface area contributed by atoms with E-state index in [4.69, 9.17) is 16.7 Å². The summed E-state index contributed by atoms with van der Waals surface area (Å²) >= 11 is 5.87. The Kier molecular flexibility index (Phi) is 4.31. The number of carboxylic acids is 1. The second-order valence-corrected chi connectivity index (χ2v) is 3.80. The van der Waals surface area contributed by atoms with Gasteiger partial charge >= 0.3 is 5.97 Å². The molecule has 0 aliphatic rings. The van der Waals surface area contributed by atoms with Crippen molar-refractivity contribution >= 4 is 29.2 Å². The monoisotopic (exact) mass is 241 g/mol. The van der Waals surface area contributed by atoms with E-state index in [-0.39, 0.29) is 12.3 Å². The zero-order chi connectivity index (χ0) is 12.1. The SMILES string of the molecule is CC(=O)Nc1cc(CCC(=O)O)ccc1Cl. The third-order valence-corrected chi connectivity index (χ3v) is 2.30. The van der Waals surface area contributed by atoms with Gasteiger partial charge in [-0.2, -0.15) is 0 Å². The molecular formula is C11H12ClNO3. The summed E-state index contributed by atoms with van der Waals surface area (Å²) in [5.41, 5.74) is 1.34. The quantitative estimate of drug-likeness (QED) is 0.850. The van der Waals surface area contributed by atoms with E-state index in [1.807, 2.05) is 0 Å². The van der Waals surface area contributed by atoms with E-state index in [1.54, 1.807) is 18.2 Å². The first kappa shape index (κ1) is 12.5. The molecule has 0 heterocycles. The van der Waals surface area contributed by atoms with Crippen LogP contribution in [0.5, 0.6) is 0 Å². The molecule has 0 radical (unpaired) electrons. The van der Waals surface area contributed by atoms with E-state index in [2.05, 4.69) is 5.32 Å². The van der Waals surface area contributed by atoms with Gasteiger partial charge in [-0.05, 0) is 24.1 Å². The molecule has 0 saturated carbocycles. The fraction of sp³-hybridized carbons (Fsp3) is 0.273. The maximum Gasteiger partial charge on any atom is 0.303 e. The molecule has 16 heavy (non-hydrogen) atoms. The maximum absolute atomic E-state index is 10.9. The van der Waals surface area contributed by atoms with Crippen molar-refractivity contribution in [2.75, 3.05) is 5.32 Å². The molecule has 0 aliphatic carbocycles. The zero-order valence-electron chi connectivity index (χ0n) is 8.79. The molecule has 0 bridgehead atoms. The van der Waals surface area contributed by atoms with Crippen molar-refractivity contribution in [1.82, 2.24) is 0 Å². The van der Waals surface area contributed by atoms with Crippen LogP contribution in [0, 0.1) is 0 Å². The molecule has 2 N–H and O–H groups in total. The van der Waals surface area contributed by atoms with Crippen LogP contribution in [0.25, 0.3) is 0 Å². The van der Waals surface area contributed by atoms with Crippen LogP contribution in [0.4, 0.5) is 5.69 Å². The van der Waals surface area contributed by atoms with Gasteiger partial charge in [-0.25, -0.2) is 0 Å². The van der Waals surface area contributed by atoms with E-state index < -0.39 is 5.97 Å². The lowest BCUT2D eigenvalue weighted by atomic mass is 10.1. The van der Waals surface area contributed by atoms with Gasteiger partial charge in [0.2, 0.25) is 5.91 Å². The third kappa shape index (κ3) is 3.90. The number of nitrogens with one attached hydrogen (secondary N) is 1. The fourth-order valence-electron chi connectivity index (χ4n) is 1.26. The van der Waals surface area contributed by atoms with Crippen LogP contribution in [-0.2, 0) is 16.0 Å². The van der Waals surface area contributed by atoms with Crippen molar-refractivity contribution in [3.05, 3.63) is 28.8 Å². The Balaban J connectivity index is 2.80. The van der Waals surface area contributed by atoms with Crippen LogP contribution >= 0.6 is 11.6 Å². The topological polar surface area (TPSA) is 66.4 Å². The summed E-state index contributed by atoms with van der Waals surface area (Å²) in [7, 11) is 0. The van der Waals surface area contributed by atoms with Gasteiger partial charge in [-0.3, -0.25) is 9.59 Å². The average molecular weight is 242 g/mol. The first-order valence-corrected chi connectivity index (χ1v) is 5.14. The lowest BCUT2D eigenvalue weighted by Crippen LogP contribution is -2.07. The minimum absolute atomic E-state index is 0.0567. The molecule has 1 amide bonds. The number of benzene rings is 1. The molecule has 0 unspecified atom stereocenters. The number of rotatable bonds is 4. The van der Waals surface area contributed by atoms with Crippen LogP contribution in [-0.4, -0.2) is 17.0 Å². The summed E-state index contributed by atoms with van der Waals surface area (Å²) in [5.74, 6) is -1.06. The summed E-state index contributed by atoms with van der Waals surface area (Å²) < 4.78 is 0. The third-order valence-electron chi connectivity index (χ3n) is 1.97. The number of amides is 1. The maximum atomic E-state index is 10.9. The van der Waals surface area contributed by atoms with Crippen molar-refractivity contribution in [3.8, 4) is 0 Å². The second-order valence-electron chi connectivity index (χ2n) is 3.39. The predicted molar refractivity (Wildman–Crippen MR) is 61.7 cm³/mol. The summed E-state index contributed by atoms with van der Waals surface area (Å²) in [6, 6.07) is 5.08. The molecule has 1 aromatic carbocycles. The fourth-order valence-corrected chi connectivity index (χ4v) is 1.43. The summed E-state index contributed by atoms with van der Waals surface area (Å²) in [4.78, 5) is 21.3. The van der Waals surface area contributed by atoms with Gasteiger partial charge in [0.25, 0.3) is 0 Å². The van der Waals surface area contributed by atoms with Gasteiger partial charge in [-0.1, -0.05) is 17.7 Å². The molecule has 0 atom stereocenters. The van der Waals surface area contributed by atoms with Gasteiger partial charge in [0, 0.05) is 13.3 Å². The molecular weight excluding hydrogens is 230 g/mol. The molecule has 1 aromatic rings. The molecule has 1 rings (SSSR count). The van der Waals surface area contributed by atoms with Crippen LogP contribution in [0.1, 0.15) is 18.9 Å². The molecule has 5 heteroatoms. The highest BCUT2D eigenvalue weighted by atomic mass is 35.5. The molecule has 0 spiro atoms. The predicted octanol–water partition coefficient (Wildman–Crippen LogP) is 2.32. The smallest absolute Gasteiger partial charge is 0.303 e. The molecule has 86 valence electrons. The Hall–Kier alpha value is -1.55. The molecule has 0 fully saturated rings. The lowest BCUT2D eigenvalue weighted by molar-refractivity contribution is -0.137. The zero-order valence-corrected chi connectivity index (χ0v) is 9.54. The first-order chi connectivity index (χ1) is 7.49. The van der Waals surface area contributed by atoms with E-state index in [1.165, 1.54) is 6.92 Å². The Morgan fingerprint density at radius 3 is 2.69 bits per heavy atom. The van der Waals surface area contributed by atoms with Crippen LogP contribution in [0.2, 0.25) is 5.02 Å². The Labute approximate surface area is 98.2 Å². The number of aryl methyl sites for hydroxylation is 1. The summed E-state index contributed by atoms with van der Waals surface area (Å²) in [5, 5.41) is 11.6. The van der Waals surface area contributed by atoms with E-state index in [0.29, 0.717) is 17.1 Å². The highest BCUT2D eigenvalue weighted by Crippen LogP contribution is 2.23. The van der Waals surface area contributed by atoms with Gasteiger partial charge in [-0.15, -0.1) is 0 Å². The van der Waals surface area contributed by atoms with Crippen LogP contribution < -0.4 is 5.32 Å². The number of carbonyl (C=O) groups is 2. The van der Waals surface area contributed by atoms with Crippen LogP contribution in [0.3, 0.4) is 0 Å². The first-order valence-electron chi connectivity index (χ1n) is 4.77. The number of carboxylic acid groups (broad SMARTS) is 1. The minimum atomic E-state index is -0.851. The van der Waals surface area contributed by atoms with Gasteiger partial charge in [0.05, 0.1) is 10.7 Å². The summed E-state index contributed by atoms with van der Waals surface area (Å²) in [6.07, 6.45) is 0.472. The molecule has 4 nitrogen and oxygen atoms in total. The van der Waals surface area contributed by atoms with Crippen molar-refractivity contribution in [1.29, 1.82) is 0 Å². The van der Waals surface area contributed by atoms with Gasteiger partial charge < -0.3 is 10.4 Å². The van der Waals surface area contributed by atoms with Gasteiger partial charge in [0.1, 0.15) is 0 Å². The van der Waals surface area contributed by atoms with E-state index in [0.717, 1.165) is 5.56 Å². The Bertz CT molecular complexity index is 418. The number of hydrogen-bond acceptors (Lipinski definition) is 2. The van der Waals surface area contributed by atoms with E-state index in [9.17, 15) is 9.59 Å². The van der Waals surface area contributed by atoms with Crippen molar-refractivity contribution in [3.63, 3.8) is 0 Å². The number of aliphatic carboxylic acids is 1.